The van der Waals surface area contributed by atoms with Crippen molar-refractivity contribution in [2.45, 2.75) is 32.8 Å². The van der Waals surface area contributed by atoms with Crippen LogP contribution < -0.4 is 0 Å². The highest BCUT2D eigenvalue weighted by Crippen LogP contribution is 2.26. The number of hydrogen-bond acceptors (Lipinski definition) is 6. The summed E-state index contributed by atoms with van der Waals surface area (Å²) in [5, 5.41) is 0. The minimum absolute atomic E-state index is 0.0125. The number of aromatic nitrogens is 1. The average molecular weight is 387 g/mol. The zero-order chi connectivity index (χ0) is 20.7. The Morgan fingerprint density at radius 2 is 1.61 bits per heavy atom. The number of esters is 3. The van der Waals surface area contributed by atoms with Crippen LogP contribution in [0, 0.1) is 6.92 Å². The number of methoxy groups -OCH3 is 2. The molecule has 2 aromatic rings. The molecular formula is C21H25NO6. The van der Waals surface area contributed by atoms with Crippen molar-refractivity contribution >= 4 is 17.9 Å². The van der Waals surface area contributed by atoms with E-state index in [9.17, 15) is 14.4 Å². The zero-order valence-corrected chi connectivity index (χ0v) is 16.6. The first-order valence-electron chi connectivity index (χ1n) is 8.90. The van der Waals surface area contributed by atoms with Crippen LogP contribution in [-0.2, 0) is 50.3 Å². The Kier molecular flexibility index (Phi) is 7.37. The van der Waals surface area contributed by atoms with Gasteiger partial charge in [0.25, 0.3) is 0 Å². The highest BCUT2D eigenvalue weighted by molar-refractivity contribution is 5.91. The molecule has 0 bridgehead atoms. The van der Waals surface area contributed by atoms with E-state index in [1.165, 1.54) is 14.2 Å². The van der Waals surface area contributed by atoms with E-state index in [4.69, 9.17) is 14.2 Å². The monoisotopic (exact) mass is 387 g/mol. The van der Waals surface area contributed by atoms with Crippen LogP contribution in [0.2, 0.25) is 0 Å². The topological polar surface area (TPSA) is 83.8 Å². The average Bonchev–Trinajstić information content (AvgIpc) is 2.95. The molecule has 0 fully saturated rings. The van der Waals surface area contributed by atoms with Gasteiger partial charge in [-0.25, -0.2) is 4.79 Å². The van der Waals surface area contributed by atoms with E-state index in [0.29, 0.717) is 16.8 Å². The summed E-state index contributed by atoms with van der Waals surface area (Å²) in [6.07, 6.45) is 0.363. The largest absolute Gasteiger partial charge is 0.469 e. The molecular weight excluding hydrogens is 362 g/mol. The maximum Gasteiger partial charge on any atom is 0.355 e. The second-order valence-corrected chi connectivity index (χ2v) is 6.34. The van der Waals surface area contributed by atoms with Crippen molar-refractivity contribution in [3.8, 4) is 0 Å². The minimum atomic E-state index is -0.509. The normalized spacial score (nSPS) is 10.4. The van der Waals surface area contributed by atoms with Crippen molar-refractivity contribution in [3.05, 3.63) is 58.4 Å². The van der Waals surface area contributed by atoms with Crippen molar-refractivity contribution in [2.24, 2.45) is 7.05 Å². The van der Waals surface area contributed by atoms with E-state index in [-0.39, 0.29) is 25.9 Å². The molecule has 1 aromatic heterocycles. The Labute approximate surface area is 164 Å². The molecule has 1 aromatic carbocycles. The fraction of sp³-hybridized carbons (Fsp3) is 0.381. The number of hydrogen-bond donors (Lipinski definition) is 0. The first-order chi connectivity index (χ1) is 13.4. The van der Waals surface area contributed by atoms with Crippen LogP contribution >= 0.6 is 0 Å². The highest BCUT2D eigenvalue weighted by Gasteiger charge is 2.26. The number of carbonyl (C=O) groups is 3. The molecule has 0 saturated heterocycles. The molecule has 1 heterocycles. The van der Waals surface area contributed by atoms with Crippen molar-refractivity contribution in [3.63, 3.8) is 0 Å². The molecule has 28 heavy (non-hydrogen) atoms. The molecule has 0 aliphatic rings. The van der Waals surface area contributed by atoms with Crippen molar-refractivity contribution in [1.29, 1.82) is 0 Å². The van der Waals surface area contributed by atoms with Gasteiger partial charge in [0.15, 0.2) is 0 Å². The quantitative estimate of drug-likeness (QED) is 0.511. The van der Waals surface area contributed by atoms with E-state index >= 15 is 0 Å². The second-order valence-electron chi connectivity index (χ2n) is 6.34. The lowest BCUT2D eigenvalue weighted by atomic mass is 10.0. The van der Waals surface area contributed by atoms with Gasteiger partial charge in [-0.3, -0.25) is 9.59 Å². The molecule has 0 aliphatic heterocycles. The molecule has 7 heteroatoms. The Morgan fingerprint density at radius 1 is 0.964 bits per heavy atom. The standard InChI is InChI=1S/C21H25NO6/c1-14-17(12-19(24)27-4)16(10-11-18(23)26-3)20(22(14)2)21(25)28-13-15-8-6-5-7-9-15/h5-9H,10-13H2,1-4H3. The molecule has 0 atom stereocenters. The SMILES string of the molecule is COC(=O)CCc1c(CC(=O)OC)c(C)n(C)c1C(=O)OCc1ccccc1. The molecule has 0 amide bonds. The Hall–Kier alpha value is -3.09. The first-order valence-corrected chi connectivity index (χ1v) is 8.90. The highest BCUT2D eigenvalue weighted by atomic mass is 16.5. The summed E-state index contributed by atoms with van der Waals surface area (Å²) in [7, 11) is 4.35. The van der Waals surface area contributed by atoms with Crippen LogP contribution in [0.15, 0.2) is 30.3 Å². The number of carbonyl (C=O) groups excluding carboxylic acids is 3. The number of rotatable bonds is 8. The van der Waals surface area contributed by atoms with Gasteiger partial charge in [0, 0.05) is 19.2 Å². The molecule has 0 radical (unpaired) electrons. The molecule has 0 N–H and O–H groups in total. The number of benzene rings is 1. The predicted molar refractivity (Wildman–Crippen MR) is 102 cm³/mol. The smallest absolute Gasteiger partial charge is 0.355 e. The van der Waals surface area contributed by atoms with E-state index in [1.807, 2.05) is 37.3 Å². The molecule has 0 aliphatic carbocycles. The van der Waals surface area contributed by atoms with Crippen LogP contribution in [0.25, 0.3) is 0 Å². The van der Waals surface area contributed by atoms with Gasteiger partial charge in [-0.1, -0.05) is 30.3 Å². The predicted octanol–water partition coefficient (Wildman–Crippen LogP) is 2.51. The third-order valence-corrected chi connectivity index (χ3v) is 4.69. The minimum Gasteiger partial charge on any atom is -0.469 e. The lowest BCUT2D eigenvalue weighted by molar-refractivity contribution is -0.141. The van der Waals surface area contributed by atoms with Crippen molar-refractivity contribution < 1.29 is 28.6 Å². The fourth-order valence-corrected chi connectivity index (χ4v) is 3.04. The summed E-state index contributed by atoms with van der Waals surface area (Å²) in [5.41, 5.74) is 3.22. The third kappa shape index (κ3) is 5.00. The van der Waals surface area contributed by atoms with Crippen molar-refractivity contribution in [1.82, 2.24) is 4.57 Å². The summed E-state index contributed by atoms with van der Waals surface area (Å²) in [4.78, 5) is 36.3. The number of ether oxygens (including phenoxy) is 3. The Bertz CT molecular complexity index is 854. The summed E-state index contributed by atoms with van der Waals surface area (Å²) >= 11 is 0. The maximum absolute atomic E-state index is 12.8. The van der Waals surface area contributed by atoms with Gasteiger partial charge >= 0.3 is 17.9 Å². The summed E-state index contributed by atoms with van der Waals surface area (Å²) < 4.78 is 16.6. The van der Waals surface area contributed by atoms with Crippen LogP contribution in [0.4, 0.5) is 0 Å². The second kappa shape index (κ2) is 9.73. The molecule has 2 rings (SSSR count). The molecule has 0 spiro atoms. The van der Waals surface area contributed by atoms with Crippen LogP contribution in [0.3, 0.4) is 0 Å². The van der Waals surface area contributed by atoms with Crippen molar-refractivity contribution in [2.75, 3.05) is 14.2 Å². The lowest BCUT2D eigenvalue weighted by Gasteiger charge is -2.09. The molecule has 150 valence electrons. The van der Waals surface area contributed by atoms with E-state index in [1.54, 1.807) is 11.6 Å². The van der Waals surface area contributed by atoms with E-state index in [0.717, 1.165) is 11.3 Å². The van der Waals surface area contributed by atoms with Gasteiger partial charge in [-0.15, -0.1) is 0 Å². The van der Waals surface area contributed by atoms with Gasteiger partial charge in [0.1, 0.15) is 12.3 Å². The number of nitrogens with zero attached hydrogens (tertiary/aromatic N) is 1. The van der Waals surface area contributed by atoms with Gasteiger partial charge < -0.3 is 18.8 Å². The first kappa shape index (κ1) is 21.2. The zero-order valence-electron chi connectivity index (χ0n) is 16.6. The summed E-state index contributed by atoms with van der Waals surface area (Å²) in [5.74, 6) is -1.32. The van der Waals surface area contributed by atoms with Crippen LogP contribution in [0.1, 0.15) is 39.3 Å². The molecule has 0 saturated carbocycles. The van der Waals surface area contributed by atoms with Gasteiger partial charge in [0.05, 0.1) is 20.6 Å². The fourth-order valence-electron chi connectivity index (χ4n) is 3.04. The van der Waals surface area contributed by atoms with Gasteiger partial charge in [-0.2, -0.15) is 0 Å². The Balaban J connectivity index is 2.33. The van der Waals surface area contributed by atoms with Crippen LogP contribution in [-0.4, -0.2) is 36.7 Å². The lowest BCUT2D eigenvalue weighted by Crippen LogP contribution is -2.14. The van der Waals surface area contributed by atoms with Gasteiger partial charge in [0.2, 0.25) is 0 Å². The maximum atomic E-state index is 12.8. The van der Waals surface area contributed by atoms with Gasteiger partial charge in [-0.05, 0) is 30.0 Å². The summed E-state index contributed by atoms with van der Waals surface area (Å²) in [6.45, 7) is 1.95. The van der Waals surface area contributed by atoms with E-state index in [2.05, 4.69) is 0 Å². The third-order valence-electron chi connectivity index (χ3n) is 4.69. The molecule has 7 nitrogen and oxygen atoms in total. The summed E-state index contributed by atoms with van der Waals surface area (Å²) in [6, 6.07) is 9.35. The van der Waals surface area contributed by atoms with E-state index < -0.39 is 17.9 Å². The van der Waals surface area contributed by atoms with Crippen LogP contribution in [0.5, 0.6) is 0 Å². The Morgan fingerprint density at radius 3 is 2.21 bits per heavy atom. The molecule has 0 unspecified atom stereocenters.